The Labute approximate surface area is 81.1 Å². The fraction of sp³-hybridized carbons (Fsp3) is 1.00. The first-order valence-electron chi connectivity index (χ1n) is 3.79. The first kappa shape index (κ1) is 14.0. The van der Waals surface area contributed by atoms with E-state index in [-0.39, 0.29) is 24.8 Å². The number of halogens is 2. The van der Waals surface area contributed by atoms with Crippen LogP contribution in [0.5, 0.6) is 0 Å². The van der Waals surface area contributed by atoms with Gasteiger partial charge in [-0.05, 0) is 19.8 Å². The van der Waals surface area contributed by atoms with Crippen molar-refractivity contribution >= 4 is 24.8 Å². The van der Waals surface area contributed by atoms with Gasteiger partial charge in [-0.15, -0.1) is 24.8 Å². The molecule has 4 heteroatoms. The highest BCUT2D eigenvalue weighted by molar-refractivity contribution is 5.85. The molecule has 0 spiro atoms. The summed E-state index contributed by atoms with van der Waals surface area (Å²) >= 11 is 0. The molecule has 0 radical (unpaired) electrons. The monoisotopic (exact) mass is 200 g/mol. The lowest BCUT2D eigenvalue weighted by Gasteiger charge is -2.27. The van der Waals surface area contributed by atoms with E-state index in [0.29, 0.717) is 12.1 Å². The van der Waals surface area contributed by atoms with Crippen molar-refractivity contribution in [1.82, 2.24) is 5.32 Å². The van der Waals surface area contributed by atoms with Crippen LogP contribution in [0.4, 0.5) is 0 Å². The predicted molar refractivity (Wildman–Crippen MR) is 53.8 cm³/mol. The molecule has 0 aliphatic carbocycles. The molecule has 0 aromatic carbocycles. The van der Waals surface area contributed by atoms with Crippen LogP contribution < -0.4 is 11.1 Å². The summed E-state index contributed by atoms with van der Waals surface area (Å²) < 4.78 is 0. The summed E-state index contributed by atoms with van der Waals surface area (Å²) in [7, 11) is 0. The lowest BCUT2D eigenvalue weighted by Crippen LogP contribution is -2.44. The second kappa shape index (κ2) is 7.17. The Balaban J connectivity index is 0. The van der Waals surface area contributed by atoms with Crippen molar-refractivity contribution in [3.63, 3.8) is 0 Å². The first-order valence-corrected chi connectivity index (χ1v) is 3.79. The van der Waals surface area contributed by atoms with Gasteiger partial charge >= 0.3 is 0 Å². The Morgan fingerprint density at radius 1 is 1.36 bits per heavy atom. The zero-order valence-electron chi connectivity index (χ0n) is 6.88. The molecule has 1 aliphatic rings. The van der Waals surface area contributed by atoms with Crippen molar-refractivity contribution in [2.24, 2.45) is 5.73 Å². The molecule has 0 aromatic heterocycles. The summed E-state index contributed by atoms with van der Waals surface area (Å²) in [6, 6.07) is 1.28. The van der Waals surface area contributed by atoms with Crippen LogP contribution in [-0.4, -0.2) is 18.6 Å². The van der Waals surface area contributed by atoms with E-state index in [1.54, 1.807) is 0 Å². The maximum atomic E-state index is 5.50. The highest BCUT2D eigenvalue weighted by Crippen LogP contribution is 2.10. The second-order valence-electron chi connectivity index (χ2n) is 2.93. The quantitative estimate of drug-likeness (QED) is 0.671. The van der Waals surface area contributed by atoms with Crippen LogP contribution in [0, 0.1) is 0 Å². The van der Waals surface area contributed by atoms with Crippen LogP contribution in [0.2, 0.25) is 0 Å². The van der Waals surface area contributed by atoms with Gasteiger partial charge in [0.25, 0.3) is 0 Å². The fourth-order valence-corrected chi connectivity index (χ4v) is 1.43. The summed E-state index contributed by atoms with van der Waals surface area (Å²) in [4.78, 5) is 0. The molecule has 1 saturated heterocycles. The van der Waals surface area contributed by atoms with Crippen molar-refractivity contribution < 1.29 is 0 Å². The van der Waals surface area contributed by atoms with Gasteiger partial charge in [0.05, 0.1) is 0 Å². The Hall–Kier alpha value is 0.500. The van der Waals surface area contributed by atoms with Crippen LogP contribution in [0.25, 0.3) is 0 Å². The van der Waals surface area contributed by atoms with Gasteiger partial charge in [-0.25, -0.2) is 0 Å². The topological polar surface area (TPSA) is 38.0 Å². The summed E-state index contributed by atoms with van der Waals surface area (Å²) in [5, 5.41) is 3.44. The van der Waals surface area contributed by atoms with E-state index >= 15 is 0 Å². The molecule has 0 aromatic rings. The van der Waals surface area contributed by atoms with Crippen LogP contribution in [0.1, 0.15) is 26.2 Å². The van der Waals surface area contributed by atoms with E-state index in [0.717, 1.165) is 6.54 Å². The maximum Gasteiger partial charge on any atom is 0.0192 e. The van der Waals surface area contributed by atoms with Gasteiger partial charge < -0.3 is 11.1 Å². The number of hydrogen-bond donors (Lipinski definition) is 2. The number of rotatable bonds is 1. The lowest BCUT2D eigenvalue weighted by molar-refractivity contribution is 0.340. The van der Waals surface area contributed by atoms with Gasteiger partial charge in [0.2, 0.25) is 0 Å². The molecule has 0 bridgehead atoms. The largest absolute Gasteiger partial charge is 0.329 e. The summed E-state index contributed by atoms with van der Waals surface area (Å²) in [6.07, 6.45) is 3.92. The molecule has 3 N–H and O–H groups in total. The molecule has 1 heterocycles. The van der Waals surface area contributed by atoms with E-state index < -0.39 is 0 Å². The number of nitrogens with two attached hydrogens (primary N) is 1. The van der Waals surface area contributed by atoms with Crippen molar-refractivity contribution in [3.8, 4) is 0 Å². The Morgan fingerprint density at radius 3 is 2.36 bits per heavy atom. The van der Waals surface area contributed by atoms with Gasteiger partial charge in [-0.3, -0.25) is 0 Å². The standard InChI is InChI=1S/C7H16N2.2ClH/c1-6-3-2-4-7(5-8)9-6;;/h6-7,9H,2-5,8H2,1H3;2*1H/t6-,7-;;/m1../s1. The Kier molecular flexibility index (Phi) is 9.15. The molecule has 2 nitrogen and oxygen atoms in total. The molecule has 1 aliphatic heterocycles. The summed E-state index contributed by atoms with van der Waals surface area (Å²) in [5.41, 5.74) is 5.50. The van der Waals surface area contributed by atoms with E-state index in [1.807, 2.05) is 0 Å². The zero-order valence-corrected chi connectivity index (χ0v) is 8.51. The van der Waals surface area contributed by atoms with Crippen molar-refractivity contribution in [2.45, 2.75) is 38.3 Å². The second-order valence-corrected chi connectivity index (χ2v) is 2.93. The van der Waals surface area contributed by atoms with Gasteiger partial charge in [-0.2, -0.15) is 0 Å². The van der Waals surface area contributed by atoms with E-state index in [1.165, 1.54) is 19.3 Å². The third-order valence-corrected chi connectivity index (χ3v) is 1.99. The van der Waals surface area contributed by atoms with Gasteiger partial charge in [0, 0.05) is 18.6 Å². The molecule has 11 heavy (non-hydrogen) atoms. The Morgan fingerprint density at radius 2 is 2.00 bits per heavy atom. The third kappa shape index (κ3) is 4.86. The van der Waals surface area contributed by atoms with Gasteiger partial charge in [0.15, 0.2) is 0 Å². The maximum absolute atomic E-state index is 5.50. The Bertz CT molecular complexity index is 90.5. The van der Waals surface area contributed by atoms with Gasteiger partial charge in [0.1, 0.15) is 0 Å². The van der Waals surface area contributed by atoms with Crippen molar-refractivity contribution in [3.05, 3.63) is 0 Å². The average Bonchev–Trinajstić information content (AvgIpc) is 1.88. The molecule has 1 fully saturated rings. The van der Waals surface area contributed by atoms with E-state index in [2.05, 4.69) is 12.2 Å². The molecular weight excluding hydrogens is 183 g/mol. The number of piperidine rings is 1. The predicted octanol–water partition coefficient (Wildman–Crippen LogP) is 1.32. The average molecular weight is 201 g/mol. The molecular formula is C7H18Cl2N2. The fourth-order valence-electron chi connectivity index (χ4n) is 1.43. The van der Waals surface area contributed by atoms with Crippen LogP contribution in [0.15, 0.2) is 0 Å². The van der Waals surface area contributed by atoms with E-state index in [4.69, 9.17) is 5.73 Å². The first-order chi connectivity index (χ1) is 4.33. The zero-order chi connectivity index (χ0) is 6.69. The molecule has 0 unspecified atom stereocenters. The van der Waals surface area contributed by atoms with Crippen LogP contribution in [-0.2, 0) is 0 Å². The third-order valence-electron chi connectivity index (χ3n) is 1.99. The normalized spacial score (nSPS) is 30.0. The summed E-state index contributed by atoms with van der Waals surface area (Å²) in [6.45, 7) is 3.02. The van der Waals surface area contributed by atoms with E-state index in [9.17, 15) is 0 Å². The minimum atomic E-state index is 0. The van der Waals surface area contributed by atoms with Crippen LogP contribution >= 0.6 is 24.8 Å². The van der Waals surface area contributed by atoms with Crippen LogP contribution in [0.3, 0.4) is 0 Å². The number of hydrogen-bond acceptors (Lipinski definition) is 2. The molecule has 2 atom stereocenters. The minimum absolute atomic E-state index is 0. The van der Waals surface area contributed by atoms with Crippen molar-refractivity contribution in [1.29, 1.82) is 0 Å². The molecule has 0 saturated carbocycles. The SMILES string of the molecule is C[C@@H]1CCC[C@H](CN)N1.Cl.Cl. The summed E-state index contributed by atoms with van der Waals surface area (Å²) in [5.74, 6) is 0. The highest BCUT2D eigenvalue weighted by Gasteiger charge is 2.15. The minimum Gasteiger partial charge on any atom is -0.329 e. The smallest absolute Gasteiger partial charge is 0.0192 e. The highest BCUT2D eigenvalue weighted by atomic mass is 35.5. The molecule has 0 amide bonds. The van der Waals surface area contributed by atoms with Gasteiger partial charge in [-0.1, -0.05) is 6.42 Å². The lowest BCUT2D eigenvalue weighted by atomic mass is 10.00. The number of nitrogens with one attached hydrogen (secondary N) is 1. The molecule has 1 rings (SSSR count). The van der Waals surface area contributed by atoms with Crippen molar-refractivity contribution in [2.75, 3.05) is 6.54 Å². The molecule has 70 valence electrons.